The standard InChI is InChI=1S/C18H15NO3/c1-2-13-19-16(20)18(17(21)22-19,14-9-5-3-6-10-14)15-11-7-4-8-12-15/h2-12H,1,13H2. The molecule has 0 saturated carbocycles. The summed E-state index contributed by atoms with van der Waals surface area (Å²) in [5.41, 5.74) is -0.253. The summed E-state index contributed by atoms with van der Waals surface area (Å²) in [5, 5.41) is 1.06. The molecule has 0 radical (unpaired) electrons. The predicted octanol–water partition coefficient (Wildman–Crippen LogP) is 2.46. The molecule has 4 nitrogen and oxygen atoms in total. The van der Waals surface area contributed by atoms with Gasteiger partial charge < -0.3 is 4.84 Å². The summed E-state index contributed by atoms with van der Waals surface area (Å²) >= 11 is 0. The van der Waals surface area contributed by atoms with Crippen molar-refractivity contribution < 1.29 is 14.4 Å². The van der Waals surface area contributed by atoms with E-state index in [9.17, 15) is 9.59 Å². The molecule has 0 atom stereocenters. The molecule has 0 N–H and O–H groups in total. The molecular formula is C18H15NO3. The first kappa shape index (κ1) is 14.1. The Bertz CT molecular complexity index is 670. The number of nitrogens with zero attached hydrogens (tertiary/aromatic N) is 1. The van der Waals surface area contributed by atoms with Gasteiger partial charge in [-0.15, -0.1) is 6.58 Å². The third-order valence-corrected chi connectivity index (χ3v) is 3.76. The third kappa shape index (κ3) is 1.92. The first-order valence-corrected chi connectivity index (χ1v) is 6.97. The molecule has 1 fully saturated rings. The smallest absolute Gasteiger partial charge is 0.336 e. The van der Waals surface area contributed by atoms with Crippen LogP contribution >= 0.6 is 0 Å². The zero-order valence-electron chi connectivity index (χ0n) is 11.9. The molecule has 1 amide bonds. The van der Waals surface area contributed by atoms with E-state index in [1.807, 2.05) is 12.1 Å². The Morgan fingerprint density at radius 1 is 0.955 bits per heavy atom. The van der Waals surface area contributed by atoms with Crippen molar-refractivity contribution in [3.05, 3.63) is 84.4 Å². The molecule has 22 heavy (non-hydrogen) atoms. The van der Waals surface area contributed by atoms with Gasteiger partial charge in [0.15, 0.2) is 0 Å². The fourth-order valence-corrected chi connectivity index (χ4v) is 2.75. The van der Waals surface area contributed by atoms with E-state index in [0.717, 1.165) is 5.06 Å². The highest BCUT2D eigenvalue weighted by atomic mass is 16.7. The average molecular weight is 293 g/mol. The number of hydrogen-bond donors (Lipinski definition) is 0. The second kappa shape index (κ2) is 5.48. The summed E-state index contributed by atoms with van der Waals surface area (Å²) in [6.45, 7) is 3.75. The Hall–Kier alpha value is -2.88. The summed E-state index contributed by atoms with van der Waals surface area (Å²) in [7, 11) is 0. The van der Waals surface area contributed by atoms with Crippen LogP contribution in [0.1, 0.15) is 11.1 Å². The van der Waals surface area contributed by atoms with Gasteiger partial charge in [0.1, 0.15) is 0 Å². The van der Waals surface area contributed by atoms with E-state index in [1.165, 1.54) is 6.08 Å². The van der Waals surface area contributed by atoms with E-state index < -0.39 is 17.3 Å². The van der Waals surface area contributed by atoms with Crippen molar-refractivity contribution >= 4 is 11.9 Å². The first-order valence-electron chi connectivity index (χ1n) is 6.97. The molecule has 2 aromatic carbocycles. The van der Waals surface area contributed by atoms with Crippen LogP contribution in [0.25, 0.3) is 0 Å². The Labute approximate surface area is 128 Å². The van der Waals surface area contributed by atoms with Crippen molar-refractivity contribution in [1.29, 1.82) is 0 Å². The third-order valence-electron chi connectivity index (χ3n) is 3.76. The second-order valence-electron chi connectivity index (χ2n) is 5.02. The monoisotopic (exact) mass is 293 g/mol. The van der Waals surface area contributed by atoms with Gasteiger partial charge in [-0.3, -0.25) is 4.79 Å². The van der Waals surface area contributed by atoms with Crippen LogP contribution in [0.3, 0.4) is 0 Å². The van der Waals surface area contributed by atoms with Crippen LogP contribution in [0.2, 0.25) is 0 Å². The lowest BCUT2D eigenvalue weighted by Gasteiger charge is -2.23. The summed E-state index contributed by atoms with van der Waals surface area (Å²) in [5.74, 6) is -0.980. The Morgan fingerprint density at radius 2 is 1.45 bits per heavy atom. The van der Waals surface area contributed by atoms with Gasteiger partial charge in [0.05, 0.1) is 6.54 Å². The van der Waals surface area contributed by atoms with Gasteiger partial charge in [-0.05, 0) is 11.1 Å². The van der Waals surface area contributed by atoms with Gasteiger partial charge in [0, 0.05) is 0 Å². The number of benzene rings is 2. The molecule has 0 unspecified atom stereocenters. The van der Waals surface area contributed by atoms with E-state index in [2.05, 4.69) is 6.58 Å². The minimum absolute atomic E-state index is 0.159. The van der Waals surface area contributed by atoms with Crippen LogP contribution in [0.4, 0.5) is 0 Å². The van der Waals surface area contributed by atoms with Crippen LogP contribution in [0.15, 0.2) is 73.3 Å². The van der Waals surface area contributed by atoms with E-state index >= 15 is 0 Å². The lowest BCUT2D eigenvalue weighted by molar-refractivity contribution is -0.176. The second-order valence-corrected chi connectivity index (χ2v) is 5.02. The minimum atomic E-state index is -1.45. The summed E-state index contributed by atoms with van der Waals surface area (Å²) in [4.78, 5) is 30.8. The maximum Gasteiger partial charge on any atom is 0.357 e. The number of carbonyl (C=O) groups excluding carboxylic acids is 2. The largest absolute Gasteiger partial charge is 0.357 e. The molecule has 1 saturated heterocycles. The zero-order chi connectivity index (χ0) is 15.6. The van der Waals surface area contributed by atoms with Crippen molar-refractivity contribution in [1.82, 2.24) is 5.06 Å². The normalized spacial score (nSPS) is 16.5. The molecule has 1 aliphatic heterocycles. The summed E-state index contributed by atoms with van der Waals surface area (Å²) in [6, 6.07) is 18.0. The molecule has 110 valence electrons. The molecule has 0 bridgehead atoms. The number of amides is 1. The SMILES string of the molecule is C=CCN1OC(=O)C(c2ccccc2)(c2ccccc2)C1=O. The maximum absolute atomic E-state index is 13.0. The summed E-state index contributed by atoms with van der Waals surface area (Å²) in [6.07, 6.45) is 1.53. The Balaban J connectivity index is 2.23. The number of hydrogen-bond acceptors (Lipinski definition) is 3. The molecular weight excluding hydrogens is 278 g/mol. The highest BCUT2D eigenvalue weighted by Gasteiger charge is 2.59. The lowest BCUT2D eigenvalue weighted by atomic mass is 9.74. The van der Waals surface area contributed by atoms with Crippen molar-refractivity contribution in [2.24, 2.45) is 0 Å². The van der Waals surface area contributed by atoms with E-state index in [-0.39, 0.29) is 6.54 Å². The minimum Gasteiger partial charge on any atom is -0.336 e. The molecule has 1 aliphatic rings. The van der Waals surface area contributed by atoms with Crippen molar-refractivity contribution in [2.75, 3.05) is 6.54 Å². The molecule has 0 aromatic heterocycles. The predicted molar refractivity (Wildman–Crippen MR) is 81.7 cm³/mol. The van der Waals surface area contributed by atoms with E-state index in [0.29, 0.717) is 11.1 Å². The molecule has 4 heteroatoms. The number of hydroxylamine groups is 2. The van der Waals surface area contributed by atoms with Gasteiger partial charge in [0.2, 0.25) is 5.41 Å². The topological polar surface area (TPSA) is 46.6 Å². The average Bonchev–Trinajstić information content (AvgIpc) is 2.81. The molecule has 0 aliphatic carbocycles. The van der Waals surface area contributed by atoms with Crippen LogP contribution in [-0.4, -0.2) is 23.5 Å². The zero-order valence-corrected chi connectivity index (χ0v) is 11.9. The number of rotatable bonds is 4. The fraction of sp³-hybridized carbons (Fsp3) is 0.111. The highest BCUT2D eigenvalue weighted by Crippen LogP contribution is 2.40. The van der Waals surface area contributed by atoms with Crippen LogP contribution in [0, 0.1) is 0 Å². The lowest BCUT2D eigenvalue weighted by Crippen LogP contribution is -2.42. The quantitative estimate of drug-likeness (QED) is 0.642. The van der Waals surface area contributed by atoms with Crippen LogP contribution in [-0.2, 0) is 19.8 Å². The highest BCUT2D eigenvalue weighted by molar-refractivity contribution is 6.15. The Kier molecular flexibility index (Phi) is 3.51. The van der Waals surface area contributed by atoms with Gasteiger partial charge in [0.25, 0.3) is 5.91 Å². The van der Waals surface area contributed by atoms with E-state index in [1.54, 1.807) is 48.5 Å². The Morgan fingerprint density at radius 3 is 1.91 bits per heavy atom. The molecule has 3 rings (SSSR count). The van der Waals surface area contributed by atoms with E-state index in [4.69, 9.17) is 4.84 Å². The van der Waals surface area contributed by atoms with Crippen LogP contribution < -0.4 is 0 Å². The van der Waals surface area contributed by atoms with Crippen molar-refractivity contribution in [3.8, 4) is 0 Å². The van der Waals surface area contributed by atoms with Gasteiger partial charge in [-0.25, -0.2) is 4.79 Å². The first-order chi connectivity index (χ1) is 10.7. The van der Waals surface area contributed by atoms with Crippen molar-refractivity contribution in [2.45, 2.75) is 5.41 Å². The fourth-order valence-electron chi connectivity index (χ4n) is 2.75. The summed E-state index contributed by atoms with van der Waals surface area (Å²) < 4.78 is 0. The van der Waals surface area contributed by atoms with Gasteiger partial charge in [-0.1, -0.05) is 66.7 Å². The van der Waals surface area contributed by atoms with Crippen LogP contribution in [0.5, 0.6) is 0 Å². The molecule has 1 heterocycles. The van der Waals surface area contributed by atoms with Gasteiger partial charge in [-0.2, -0.15) is 5.06 Å². The van der Waals surface area contributed by atoms with Crippen molar-refractivity contribution in [3.63, 3.8) is 0 Å². The molecule has 2 aromatic rings. The van der Waals surface area contributed by atoms with Gasteiger partial charge >= 0.3 is 5.97 Å². The number of carbonyl (C=O) groups is 2. The molecule has 0 spiro atoms. The maximum atomic E-state index is 13.0.